The van der Waals surface area contributed by atoms with E-state index in [0.717, 1.165) is 6.20 Å². The molecule has 6 heteroatoms. The summed E-state index contributed by atoms with van der Waals surface area (Å²) in [5.74, 6) is 0. The van der Waals surface area contributed by atoms with Gasteiger partial charge in [-0.3, -0.25) is 15.1 Å². The second-order valence-corrected chi connectivity index (χ2v) is 2.96. The lowest BCUT2D eigenvalue weighted by Crippen LogP contribution is -1.92. The van der Waals surface area contributed by atoms with Crippen molar-refractivity contribution >= 4 is 28.3 Å². The normalized spacial score (nSPS) is 9.44. The molecule has 5 nitrogen and oxygen atoms in total. The van der Waals surface area contributed by atoms with Crippen LogP contribution in [-0.2, 0) is 0 Å². The van der Waals surface area contributed by atoms with Gasteiger partial charge >= 0.3 is 5.69 Å². The molecule has 0 fully saturated rings. The highest BCUT2D eigenvalue weighted by molar-refractivity contribution is 6.36. The highest BCUT2D eigenvalue weighted by Gasteiger charge is 2.16. The van der Waals surface area contributed by atoms with Crippen LogP contribution in [0.3, 0.4) is 0 Å². The molecule has 0 radical (unpaired) electrons. The number of halogens is 1. The van der Waals surface area contributed by atoms with Crippen LogP contribution in [0.1, 0.15) is 13.8 Å². The average molecular weight is 240 g/mol. The van der Waals surface area contributed by atoms with Gasteiger partial charge in [-0.2, -0.15) is 0 Å². The highest BCUT2D eigenvalue weighted by atomic mass is 35.5. The van der Waals surface area contributed by atoms with Crippen molar-refractivity contribution < 1.29 is 4.92 Å². The first kappa shape index (κ1) is 12.3. The van der Waals surface area contributed by atoms with E-state index >= 15 is 0 Å². The van der Waals surface area contributed by atoms with Crippen LogP contribution in [0.2, 0.25) is 5.02 Å². The van der Waals surface area contributed by atoms with Gasteiger partial charge in [0.1, 0.15) is 16.7 Å². The maximum atomic E-state index is 10.5. The molecule has 0 saturated heterocycles. The summed E-state index contributed by atoms with van der Waals surface area (Å²) in [6.45, 7) is 4.00. The average Bonchev–Trinajstić information content (AvgIpc) is 2.32. The summed E-state index contributed by atoms with van der Waals surface area (Å²) in [5.41, 5.74) is 0.671. The lowest BCUT2D eigenvalue weighted by Gasteiger charge is -1.98. The van der Waals surface area contributed by atoms with Crippen molar-refractivity contribution in [1.29, 1.82) is 0 Å². The topological polar surface area (TPSA) is 68.9 Å². The smallest absolute Gasteiger partial charge is 0.258 e. The molecule has 0 N–H and O–H groups in total. The van der Waals surface area contributed by atoms with E-state index in [1.807, 2.05) is 13.8 Å². The third kappa shape index (κ3) is 2.25. The van der Waals surface area contributed by atoms with Crippen LogP contribution in [0.4, 0.5) is 5.69 Å². The van der Waals surface area contributed by atoms with Crippen molar-refractivity contribution in [2.24, 2.45) is 0 Å². The van der Waals surface area contributed by atoms with Crippen molar-refractivity contribution in [1.82, 2.24) is 9.97 Å². The van der Waals surface area contributed by atoms with E-state index in [9.17, 15) is 10.1 Å². The Morgan fingerprint density at radius 3 is 2.69 bits per heavy atom. The largest absolute Gasteiger partial charge is 0.308 e. The second-order valence-electron chi connectivity index (χ2n) is 2.59. The number of hydrogen-bond donors (Lipinski definition) is 0. The van der Waals surface area contributed by atoms with Crippen LogP contribution in [0.15, 0.2) is 24.5 Å². The number of fused-ring (bicyclic) bond motifs is 1. The summed E-state index contributed by atoms with van der Waals surface area (Å²) in [6.07, 6.45) is 2.64. The van der Waals surface area contributed by atoms with Crippen LogP contribution in [0.25, 0.3) is 11.0 Å². The van der Waals surface area contributed by atoms with E-state index in [4.69, 9.17) is 11.6 Å². The number of aromatic nitrogens is 2. The zero-order chi connectivity index (χ0) is 12.1. The first-order valence-electron chi connectivity index (χ1n) is 4.74. The van der Waals surface area contributed by atoms with E-state index in [1.165, 1.54) is 6.20 Å². The minimum Gasteiger partial charge on any atom is -0.258 e. The Kier molecular flexibility index (Phi) is 4.13. The van der Waals surface area contributed by atoms with Gasteiger partial charge in [-0.15, -0.1) is 0 Å². The second kappa shape index (κ2) is 5.37. The first-order chi connectivity index (χ1) is 7.70. The van der Waals surface area contributed by atoms with Gasteiger partial charge in [-0.05, 0) is 12.1 Å². The number of pyridine rings is 2. The fraction of sp³-hybridized carbons (Fsp3) is 0.200. The van der Waals surface area contributed by atoms with Crippen LogP contribution in [0, 0.1) is 10.1 Å². The fourth-order valence-electron chi connectivity index (χ4n) is 1.11. The van der Waals surface area contributed by atoms with E-state index in [2.05, 4.69) is 9.97 Å². The summed E-state index contributed by atoms with van der Waals surface area (Å²) in [4.78, 5) is 17.7. The summed E-state index contributed by atoms with van der Waals surface area (Å²) >= 11 is 5.79. The molecule has 0 bridgehead atoms. The van der Waals surface area contributed by atoms with Gasteiger partial charge < -0.3 is 0 Å². The van der Waals surface area contributed by atoms with Gasteiger partial charge in [0.05, 0.1) is 10.4 Å². The Balaban J connectivity index is 0.000000606. The molecule has 0 aliphatic heterocycles. The van der Waals surface area contributed by atoms with E-state index in [-0.39, 0.29) is 10.7 Å². The molecule has 0 aromatic carbocycles. The Labute approximate surface area is 97.2 Å². The monoisotopic (exact) mass is 239 g/mol. The van der Waals surface area contributed by atoms with Crippen LogP contribution >= 0.6 is 11.6 Å². The fourth-order valence-corrected chi connectivity index (χ4v) is 1.37. The summed E-state index contributed by atoms with van der Waals surface area (Å²) in [5, 5.41) is 10.5. The maximum Gasteiger partial charge on any atom is 0.308 e. The van der Waals surface area contributed by atoms with Crippen molar-refractivity contribution in [2.75, 3.05) is 0 Å². The predicted molar refractivity (Wildman–Crippen MR) is 62.6 cm³/mol. The molecule has 2 aromatic rings. The third-order valence-corrected chi connectivity index (χ3v) is 2.11. The number of rotatable bonds is 1. The predicted octanol–water partition coefficient (Wildman–Crippen LogP) is 3.22. The Morgan fingerprint density at radius 1 is 1.38 bits per heavy atom. The molecule has 2 rings (SSSR count). The van der Waals surface area contributed by atoms with Crippen LogP contribution in [-0.4, -0.2) is 14.9 Å². The highest BCUT2D eigenvalue weighted by Crippen LogP contribution is 2.28. The van der Waals surface area contributed by atoms with Gasteiger partial charge in [0.25, 0.3) is 0 Å². The minimum atomic E-state index is -0.580. The number of hydrogen-bond acceptors (Lipinski definition) is 4. The number of nitro groups is 1. The Bertz CT molecular complexity index is 516. The van der Waals surface area contributed by atoms with Crippen molar-refractivity contribution in [3.8, 4) is 0 Å². The quantitative estimate of drug-likeness (QED) is 0.566. The van der Waals surface area contributed by atoms with Crippen molar-refractivity contribution in [3.05, 3.63) is 39.7 Å². The molecule has 0 unspecified atom stereocenters. The standard InChI is InChI=1S/C8H4ClN3O2.C2H6/c9-7-6(12(13)14)4-11-5-2-1-3-10-8(5)7;1-2/h1-4H;1-2H3. The molecule has 2 aromatic heterocycles. The lowest BCUT2D eigenvalue weighted by atomic mass is 10.3. The Morgan fingerprint density at radius 2 is 2.06 bits per heavy atom. The summed E-state index contributed by atoms with van der Waals surface area (Å²) < 4.78 is 0. The van der Waals surface area contributed by atoms with Crippen molar-refractivity contribution in [3.63, 3.8) is 0 Å². The summed E-state index contributed by atoms with van der Waals surface area (Å²) in [7, 11) is 0. The molecule has 2 heterocycles. The van der Waals surface area contributed by atoms with Crippen LogP contribution < -0.4 is 0 Å². The molecule has 84 valence electrons. The summed E-state index contributed by atoms with van der Waals surface area (Å²) in [6, 6.07) is 3.38. The number of nitrogens with zero attached hydrogens (tertiary/aromatic N) is 3. The van der Waals surface area contributed by atoms with Gasteiger partial charge in [-0.25, -0.2) is 4.98 Å². The molecule has 0 aliphatic carbocycles. The van der Waals surface area contributed by atoms with Gasteiger partial charge in [0.2, 0.25) is 0 Å². The SMILES string of the molecule is CC.O=[N+]([O-])c1cnc2cccnc2c1Cl. The maximum absolute atomic E-state index is 10.5. The van der Waals surface area contributed by atoms with Gasteiger partial charge in [-0.1, -0.05) is 25.4 Å². The molecule has 0 saturated carbocycles. The van der Waals surface area contributed by atoms with Gasteiger partial charge in [0.15, 0.2) is 0 Å². The molecule has 0 aliphatic rings. The molecule has 0 atom stereocenters. The molecular weight excluding hydrogens is 230 g/mol. The van der Waals surface area contributed by atoms with Crippen LogP contribution in [0.5, 0.6) is 0 Å². The lowest BCUT2D eigenvalue weighted by molar-refractivity contribution is -0.384. The van der Waals surface area contributed by atoms with E-state index < -0.39 is 4.92 Å². The minimum absolute atomic E-state index is 0.0283. The van der Waals surface area contributed by atoms with Gasteiger partial charge in [0, 0.05) is 6.20 Å². The van der Waals surface area contributed by atoms with Crippen molar-refractivity contribution in [2.45, 2.75) is 13.8 Å². The molecular formula is C10H10ClN3O2. The molecule has 16 heavy (non-hydrogen) atoms. The third-order valence-electron chi connectivity index (χ3n) is 1.74. The zero-order valence-electron chi connectivity index (χ0n) is 8.85. The Hall–Kier alpha value is -1.75. The molecule has 0 amide bonds. The zero-order valence-corrected chi connectivity index (χ0v) is 9.60. The van der Waals surface area contributed by atoms with E-state index in [1.54, 1.807) is 12.1 Å². The molecule has 0 spiro atoms. The van der Waals surface area contributed by atoms with E-state index in [0.29, 0.717) is 11.0 Å². The first-order valence-corrected chi connectivity index (χ1v) is 5.11.